The molecule has 7 nitrogen and oxygen atoms in total. The Kier molecular flexibility index (Phi) is 10.2. The van der Waals surface area contributed by atoms with Gasteiger partial charge in [-0.1, -0.05) is 0 Å². The van der Waals surface area contributed by atoms with Gasteiger partial charge in [-0.2, -0.15) is 0 Å². The summed E-state index contributed by atoms with van der Waals surface area (Å²) in [5.41, 5.74) is 1.05. The Labute approximate surface area is 154 Å². The smallest absolute Gasteiger partial charge is 0.303 e. The van der Waals surface area contributed by atoms with Gasteiger partial charge in [0.15, 0.2) is 0 Å². The average Bonchev–Trinajstić information content (AvgIpc) is 2.53. The van der Waals surface area contributed by atoms with Gasteiger partial charge >= 0.3 is 11.9 Å². The Balaban J connectivity index is 2.55. The molecule has 0 saturated heterocycles. The van der Waals surface area contributed by atoms with Crippen LogP contribution < -0.4 is 9.47 Å². The highest BCUT2D eigenvalue weighted by molar-refractivity contribution is 5.66. The number of hydrogen-bond donors (Lipinski definition) is 2. The molecule has 0 atom stereocenters. The molecule has 0 heterocycles. The van der Waals surface area contributed by atoms with E-state index < -0.39 is 11.9 Å². The van der Waals surface area contributed by atoms with Crippen molar-refractivity contribution < 1.29 is 29.3 Å². The minimum atomic E-state index is -0.795. The topological polar surface area (TPSA) is 96.3 Å². The molecule has 0 aromatic heterocycles. The predicted octanol–water partition coefficient (Wildman–Crippen LogP) is 3.02. The molecule has 146 valence electrons. The van der Waals surface area contributed by atoms with Crippen molar-refractivity contribution in [3.8, 4) is 11.5 Å². The van der Waals surface area contributed by atoms with E-state index in [1.54, 1.807) is 0 Å². The molecule has 1 rings (SSSR count). The lowest BCUT2D eigenvalue weighted by Gasteiger charge is -2.15. The van der Waals surface area contributed by atoms with E-state index in [-0.39, 0.29) is 12.8 Å². The highest BCUT2D eigenvalue weighted by atomic mass is 16.5. The fourth-order valence-electron chi connectivity index (χ4n) is 2.39. The van der Waals surface area contributed by atoms with Crippen molar-refractivity contribution in [2.24, 2.45) is 0 Å². The molecule has 1 aromatic rings. The van der Waals surface area contributed by atoms with Crippen molar-refractivity contribution >= 4 is 11.9 Å². The minimum Gasteiger partial charge on any atom is -0.493 e. The van der Waals surface area contributed by atoms with Gasteiger partial charge in [0.05, 0.1) is 13.2 Å². The lowest BCUT2D eigenvalue weighted by molar-refractivity contribution is -0.138. The van der Waals surface area contributed by atoms with Crippen LogP contribution in [0.5, 0.6) is 11.5 Å². The summed E-state index contributed by atoms with van der Waals surface area (Å²) < 4.78 is 11.5. The second-order valence-corrected chi connectivity index (χ2v) is 6.45. The molecular weight excluding hydrogens is 338 g/mol. The Morgan fingerprint density at radius 3 is 1.69 bits per heavy atom. The molecule has 26 heavy (non-hydrogen) atoms. The van der Waals surface area contributed by atoms with E-state index in [0.29, 0.717) is 50.4 Å². The number of ether oxygens (including phenoxy) is 2. The predicted molar refractivity (Wildman–Crippen MR) is 97.8 cm³/mol. The lowest BCUT2D eigenvalue weighted by atomic mass is 10.2. The third-order valence-electron chi connectivity index (χ3n) is 3.55. The van der Waals surface area contributed by atoms with Crippen LogP contribution in [0.1, 0.15) is 44.1 Å². The Morgan fingerprint density at radius 2 is 1.31 bits per heavy atom. The van der Waals surface area contributed by atoms with Crippen molar-refractivity contribution in [1.29, 1.82) is 0 Å². The second-order valence-electron chi connectivity index (χ2n) is 6.45. The number of nitrogens with zero attached hydrogens (tertiary/aromatic N) is 1. The van der Waals surface area contributed by atoms with E-state index in [4.69, 9.17) is 19.7 Å². The molecule has 0 bridgehead atoms. The van der Waals surface area contributed by atoms with Gasteiger partial charge in [-0.25, -0.2) is 0 Å². The third-order valence-corrected chi connectivity index (χ3v) is 3.55. The van der Waals surface area contributed by atoms with Crippen LogP contribution in [-0.2, 0) is 16.1 Å². The van der Waals surface area contributed by atoms with Crippen LogP contribution in [-0.4, -0.2) is 54.4 Å². The summed E-state index contributed by atoms with van der Waals surface area (Å²) in [5, 5.41) is 17.3. The van der Waals surface area contributed by atoms with Gasteiger partial charge in [0.2, 0.25) is 0 Å². The molecular formula is C19H29NO6. The van der Waals surface area contributed by atoms with Crippen molar-refractivity contribution in [3.05, 3.63) is 23.8 Å². The molecule has 7 heteroatoms. The Bertz CT molecular complexity index is 531. The first-order valence-corrected chi connectivity index (χ1v) is 8.84. The normalized spacial score (nSPS) is 10.7. The van der Waals surface area contributed by atoms with Crippen molar-refractivity contribution in [2.45, 2.75) is 45.1 Å². The largest absolute Gasteiger partial charge is 0.493 e. The zero-order valence-electron chi connectivity index (χ0n) is 15.6. The molecule has 2 N–H and O–H groups in total. The summed E-state index contributed by atoms with van der Waals surface area (Å²) in [6, 6.07) is 5.72. The maximum Gasteiger partial charge on any atom is 0.303 e. The standard InChI is InChI=1S/C19H29NO6/c1-20(2)14-15-11-16(25-9-5-3-7-18(21)22)13-17(12-15)26-10-6-4-8-19(23)24/h11-13H,3-10,14H2,1-2H3,(H,21,22)(H,23,24). The molecule has 0 aliphatic rings. The van der Waals surface area contributed by atoms with Gasteiger partial charge in [-0.3, -0.25) is 9.59 Å². The lowest BCUT2D eigenvalue weighted by Crippen LogP contribution is -2.11. The first kappa shape index (κ1) is 21.8. The molecule has 0 spiro atoms. The summed E-state index contributed by atoms with van der Waals surface area (Å²) in [5.74, 6) is -0.200. The average molecular weight is 367 g/mol. The van der Waals surface area contributed by atoms with E-state index in [9.17, 15) is 9.59 Å². The van der Waals surface area contributed by atoms with Crippen LogP contribution >= 0.6 is 0 Å². The fourth-order valence-corrected chi connectivity index (χ4v) is 2.39. The number of carboxylic acids is 2. The minimum absolute atomic E-state index is 0.148. The number of rotatable bonds is 14. The summed E-state index contributed by atoms with van der Waals surface area (Å²) in [7, 11) is 3.96. The fraction of sp³-hybridized carbons (Fsp3) is 0.579. The van der Waals surface area contributed by atoms with Gasteiger partial charge in [-0.15, -0.1) is 0 Å². The van der Waals surface area contributed by atoms with Crippen LogP contribution in [0.15, 0.2) is 18.2 Å². The van der Waals surface area contributed by atoms with Crippen LogP contribution in [0.25, 0.3) is 0 Å². The monoisotopic (exact) mass is 367 g/mol. The van der Waals surface area contributed by atoms with E-state index in [1.165, 1.54) is 0 Å². The number of aliphatic carboxylic acids is 2. The number of carbonyl (C=O) groups is 2. The van der Waals surface area contributed by atoms with Gasteiger partial charge in [0.1, 0.15) is 11.5 Å². The van der Waals surface area contributed by atoms with E-state index >= 15 is 0 Å². The zero-order chi connectivity index (χ0) is 19.4. The van der Waals surface area contributed by atoms with Gasteiger partial charge in [0.25, 0.3) is 0 Å². The third kappa shape index (κ3) is 10.6. The summed E-state index contributed by atoms with van der Waals surface area (Å²) in [6.45, 7) is 1.65. The molecule has 0 aliphatic heterocycles. The number of benzene rings is 1. The van der Waals surface area contributed by atoms with E-state index in [2.05, 4.69) is 0 Å². The van der Waals surface area contributed by atoms with Gasteiger partial charge in [-0.05, 0) is 57.5 Å². The number of hydrogen-bond acceptors (Lipinski definition) is 5. The van der Waals surface area contributed by atoms with Crippen LogP contribution in [0.3, 0.4) is 0 Å². The van der Waals surface area contributed by atoms with Crippen molar-refractivity contribution in [2.75, 3.05) is 27.3 Å². The second kappa shape index (κ2) is 12.1. The van der Waals surface area contributed by atoms with Crippen LogP contribution in [0.4, 0.5) is 0 Å². The molecule has 0 fully saturated rings. The highest BCUT2D eigenvalue weighted by Gasteiger charge is 2.06. The first-order chi connectivity index (χ1) is 12.4. The molecule has 0 saturated carbocycles. The molecule has 0 radical (unpaired) electrons. The first-order valence-electron chi connectivity index (χ1n) is 8.84. The van der Waals surface area contributed by atoms with Crippen LogP contribution in [0.2, 0.25) is 0 Å². The molecule has 0 unspecified atom stereocenters. The summed E-state index contributed by atoms with van der Waals surface area (Å²) in [4.78, 5) is 23.1. The van der Waals surface area contributed by atoms with Gasteiger partial charge < -0.3 is 24.6 Å². The molecule has 1 aromatic carbocycles. The Hall–Kier alpha value is -2.28. The van der Waals surface area contributed by atoms with E-state index in [0.717, 1.165) is 12.1 Å². The van der Waals surface area contributed by atoms with Crippen LogP contribution in [0, 0.1) is 0 Å². The summed E-state index contributed by atoms with van der Waals surface area (Å²) >= 11 is 0. The maximum atomic E-state index is 10.5. The van der Waals surface area contributed by atoms with Crippen molar-refractivity contribution in [1.82, 2.24) is 4.90 Å². The number of carboxylic acid groups (broad SMARTS) is 2. The Morgan fingerprint density at radius 1 is 0.846 bits per heavy atom. The summed E-state index contributed by atoms with van der Waals surface area (Å²) in [6.07, 6.45) is 2.81. The maximum absolute atomic E-state index is 10.5. The SMILES string of the molecule is CN(C)Cc1cc(OCCCCC(=O)O)cc(OCCCCC(=O)O)c1. The number of unbranched alkanes of at least 4 members (excludes halogenated alkanes) is 2. The van der Waals surface area contributed by atoms with E-state index in [1.807, 2.05) is 37.2 Å². The highest BCUT2D eigenvalue weighted by Crippen LogP contribution is 2.24. The van der Waals surface area contributed by atoms with Gasteiger partial charge in [0, 0.05) is 25.5 Å². The quantitative estimate of drug-likeness (QED) is 0.488. The molecule has 0 aliphatic carbocycles. The van der Waals surface area contributed by atoms with Crippen molar-refractivity contribution in [3.63, 3.8) is 0 Å². The zero-order valence-corrected chi connectivity index (χ0v) is 15.6. The molecule has 0 amide bonds.